The van der Waals surface area contributed by atoms with Gasteiger partial charge in [-0.1, -0.05) is 41.9 Å². The van der Waals surface area contributed by atoms with E-state index in [1.54, 1.807) is 36.1 Å². The van der Waals surface area contributed by atoms with Crippen molar-refractivity contribution in [2.45, 2.75) is 19.6 Å². The molecule has 1 aliphatic rings. The van der Waals surface area contributed by atoms with E-state index in [4.69, 9.17) is 21.1 Å². The van der Waals surface area contributed by atoms with E-state index in [0.29, 0.717) is 23.9 Å². The number of hydrogen-bond donors (Lipinski definition) is 0. The van der Waals surface area contributed by atoms with E-state index in [1.165, 1.54) is 5.56 Å². The predicted octanol–water partition coefficient (Wildman–Crippen LogP) is 2.99. The molecule has 1 atom stereocenters. The van der Waals surface area contributed by atoms with Gasteiger partial charge < -0.3 is 14.4 Å². The zero-order valence-electron chi connectivity index (χ0n) is 16.4. The van der Waals surface area contributed by atoms with Crippen molar-refractivity contribution in [1.82, 2.24) is 9.80 Å². The number of carbonyl (C=O) groups is 2. The van der Waals surface area contributed by atoms with Gasteiger partial charge in [0.15, 0.2) is 12.7 Å². The number of halogens is 1. The van der Waals surface area contributed by atoms with E-state index in [-0.39, 0.29) is 12.5 Å². The number of piperazine rings is 1. The first kappa shape index (κ1) is 21.1. The van der Waals surface area contributed by atoms with Gasteiger partial charge in [-0.3, -0.25) is 9.69 Å². The maximum Gasteiger partial charge on any atom is 0.344 e. The smallest absolute Gasteiger partial charge is 0.344 e. The van der Waals surface area contributed by atoms with Crippen LogP contribution in [-0.2, 0) is 20.9 Å². The molecule has 0 aliphatic carbocycles. The van der Waals surface area contributed by atoms with Crippen molar-refractivity contribution in [3.63, 3.8) is 0 Å². The molecule has 1 saturated heterocycles. The maximum atomic E-state index is 12.6. The van der Waals surface area contributed by atoms with Crippen molar-refractivity contribution in [3.8, 4) is 5.75 Å². The minimum Gasteiger partial charge on any atom is -0.482 e. The van der Waals surface area contributed by atoms with Crippen LogP contribution >= 0.6 is 11.6 Å². The third kappa shape index (κ3) is 6.48. The van der Waals surface area contributed by atoms with E-state index in [0.717, 1.165) is 19.6 Å². The van der Waals surface area contributed by atoms with Crippen molar-refractivity contribution in [2.24, 2.45) is 0 Å². The molecule has 1 amide bonds. The molecule has 1 fully saturated rings. The second kappa shape index (κ2) is 10.3. The van der Waals surface area contributed by atoms with Gasteiger partial charge in [-0.25, -0.2) is 4.79 Å². The second-order valence-electron chi connectivity index (χ2n) is 6.96. The molecule has 0 spiro atoms. The summed E-state index contributed by atoms with van der Waals surface area (Å²) in [6, 6.07) is 16.9. The highest BCUT2D eigenvalue weighted by molar-refractivity contribution is 6.30. The van der Waals surface area contributed by atoms with Crippen LogP contribution in [0.2, 0.25) is 5.02 Å². The maximum absolute atomic E-state index is 12.6. The van der Waals surface area contributed by atoms with E-state index in [9.17, 15) is 9.59 Å². The summed E-state index contributed by atoms with van der Waals surface area (Å²) in [6.45, 7) is 5.03. The van der Waals surface area contributed by atoms with Crippen molar-refractivity contribution in [3.05, 3.63) is 65.2 Å². The summed E-state index contributed by atoms with van der Waals surface area (Å²) in [6.07, 6.45) is -0.836. The summed E-state index contributed by atoms with van der Waals surface area (Å²) in [5, 5.41) is 0.586. The second-order valence-corrected chi connectivity index (χ2v) is 7.40. The van der Waals surface area contributed by atoms with Crippen LogP contribution in [0.4, 0.5) is 0 Å². The number of ether oxygens (including phenoxy) is 2. The zero-order chi connectivity index (χ0) is 20.6. The number of carbonyl (C=O) groups excluding carboxylic acids is 2. The van der Waals surface area contributed by atoms with Crippen LogP contribution in [0.15, 0.2) is 54.6 Å². The van der Waals surface area contributed by atoms with Gasteiger partial charge in [-0.2, -0.15) is 0 Å². The molecule has 0 saturated carbocycles. The molecule has 0 N–H and O–H groups in total. The highest BCUT2D eigenvalue weighted by Crippen LogP contribution is 2.15. The monoisotopic (exact) mass is 416 g/mol. The van der Waals surface area contributed by atoms with Gasteiger partial charge in [0.1, 0.15) is 5.75 Å². The summed E-state index contributed by atoms with van der Waals surface area (Å²) < 4.78 is 10.6. The van der Waals surface area contributed by atoms with E-state index in [1.807, 2.05) is 18.2 Å². The minimum atomic E-state index is -0.836. The average Bonchev–Trinajstić information content (AvgIpc) is 2.74. The molecule has 1 heterocycles. The molecule has 0 radical (unpaired) electrons. The van der Waals surface area contributed by atoms with Gasteiger partial charge in [-0.05, 0) is 36.8 Å². The molecule has 3 rings (SSSR count). The highest BCUT2D eigenvalue weighted by atomic mass is 35.5. The molecule has 0 unspecified atom stereocenters. The van der Waals surface area contributed by atoms with Crippen LogP contribution in [0.1, 0.15) is 12.5 Å². The van der Waals surface area contributed by atoms with Crippen LogP contribution in [0, 0.1) is 0 Å². The fourth-order valence-corrected chi connectivity index (χ4v) is 3.31. The minimum absolute atomic E-state index is 0.177. The number of rotatable bonds is 7. The van der Waals surface area contributed by atoms with Gasteiger partial charge in [0, 0.05) is 37.7 Å². The van der Waals surface area contributed by atoms with Gasteiger partial charge in [0.25, 0.3) is 5.91 Å². The number of nitrogens with zero attached hydrogens (tertiary/aromatic N) is 2. The Morgan fingerprint density at radius 1 is 1.00 bits per heavy atom. The SMILES string of the molecule is C[C@@H](OC(=O)COc1ccc(Cl)cc1)C(=O)N1CCN(Cc2ccccc2)CC1. The lowest BCUT2D eigenvalue weighted by atomic mass is 10.2. The molecule has 7 heteroatoms. The number of benzene rings is 2. The van der Waals surface area contributed by atoms with Crippen LogP contribution < -0.4 is 4.74 Å². The standard InChI is InChI=1S/C22H25ClN2O4/c1-17(29-21(26)16-28-20-9-7-19(23)8-10-20)22(27)25-13-11-24(12-14-25)15-18-5-3-2-4-6-18/h2-10,17H,11-16H2,1H3/t17-/m1/s1. The molecule has 154 valence electrons. The Morgan fingerprint density at radius 3 is 2.31 bits per heavy atom. The largest absolute Gasteiger partial charge is 0.482 e. The lowest BCUT2D eigenvalue weighted by molar-refractivity contribution is -0.161. The predicted molar refractivity (Wildman–Crippen MR) is 111 cm³/mol. The van der Waals surface area contributed by atoms with Crippen molar-refractivity contribution in [2.75, 3.05) is 32.8 Å². The number of hydrogen-bond acceptors (Lipinski definition) is 5. The molecular weight excluding hydrogens is 392 g/mol. The Hall–Kier alpha value is -2.57. The zero-order valence-corrected chi connectivity index (χ0v) is 17.2. The van der Waals surface area contributed by atoms with Crippen LogP contribution in [0.3, 0.4) is 0 Å². The number of amides is 1. The fraction of sp³-hybridized carbons (Fsp3) is 0.364. The van der Waals surface area contributed by atoms with Gasteiger partial charge in [-0.15, -0.1) is 0 Å². The molecule has 6 nitrogen and oxygen atoms in total. The van der Waals surface area contributed by atoms with Gasteiger partial charge >= 0.3 is 5.97 Å². The Kier molecular flexibility index (Phi) is 7.49. The Bertz CT molecular complexity index is 805. The first-order valence-electron chi connectivity index (χ1n) is 9.64. The third-order valence-electron chi connectivity index (χ3n) is 4.76. The quantitative estimate of drug-likeness (QED) is 0.649. The molecule has 2 aromatic rings. The van der Waals surface area contributed by atoms with Crippen LogP contribution in [-0.4, -0.2) is 60.6 Å². The summed E-state index contributed by atoms with van der Waals surface area (Å²) in [4.78, 5) is 28.6. The summed E-state index contributed by atoms with van der Waals surface area (Å²) >= 11 is 5.81. The van der Waals surface area contributed by atoms with Crippen LogP contribution in [0.5, 0.6) is 5.75 Å². The van der Waals surface area contributed by atoms with Gasteiger partial charge in [0.05, 0.1) is 0 Å². The summed E-state index contributed by atoms with van der Waals surface area (Å²) in [7, 11) is 0. The van der Waals surface area contributed by atoms with Crippen molar-refractivity contribution < 1.29 is 19.1 Å². The van der Waals surface area contributed by atoms with E-state index in [2.05, 4.69) is 17.0 Å². The highest BCUT2D eigenvalue weighted by Gasteiger charge is 2.27. The Labute approximate surface area is 176 Å². The Morgan fingerprint density at radius 2 is 1.66 bits per heavy atom. The normalized spacial score (nSPS) is 15.6. The van der Waals surface area contributed by atoms with Crippen molar-refractivity contribution >= 4 is 23.5 Å². The molecule has 2 aromatic carbocycles. The fourth-order valence-electron chi connectivity index (χ4n) is 3.18. The molecule has 0 aromatic heterocycles. The Balaban J connectivity index is 1.39. The lowest BCUT2D eigenvalue weighted by Crippen LogP contribution is -2.51. The van der Waals surface area contributed by atoms with Gasteiger partial charge in [0.2, 0.25) is 0 Å². The lowest BCUT2D eigenvalue weighted by Gasteiger charge is -2.35. The first-order valence-corrected chi connectivity index (χ1v) is 10.0. The molecular formula is C22H25ClN2O4. The molecule has 29 heavy (non-hydrogen) atoms. The first-order chi connectivity index (χ1) is 14.0. The van der Waals surface area contributed by atoms with Crippen LogP contribution in [0.25, 0.3) is 0 Å². The topological polar surface area (TPSA) is 59.1 Å². The van der Waals surface area contributed by atoms with E-state index < -0.39 is 12.1 Å². The molecule has 0 bridgehead atoms. The summed E-state index contributed by atoms with van der Waals surface area (Å²) in [5.41, 5.74) is 1.26. The molecule has 1 aliphatic heterocycles. The van der Waals surface area contributed by atoms with E-state index >= 15 is 0 Å². The average molecular weight is 417 g/mol. The summed E-state index contributed by atoms with van der Waals surface area (Å²) in [5.74, 6) is -0.243. The third-order valence-corrected chi connectivity index (χ3v) is 5.01. The van der Waals surface area contributed by atoms with Crippen molar-refractivity contribution in [1.29, 1.82) is 0 Å². The number of esters is 1.